The number of ketones is 1. The Morgan fingerprint density at radius 2 is 1.91 bits per heavy atom. The van der Waals surface area contributed by atoms with E-state index in [0.717, 1.165) is 11.3 Å². The molecule has 1 fully saturated rings. The fourth-order valence-corrected chi connectivity index (χ4v) is 6.59. The molecule has 4 aromatic rings. The molecule has 1 aromatic heterocycles. The Kier molecular flexibility index (Phi) is 8.12. The predicted octanol–water partition coefficient (Wildman–Crippen LogP) is 5.93. The Labute approximate surface area is 254 Å². The largest absolute Gasteiger partial charge is 0.507 e. The van der Waals surface area contributed by atoms with Crippen molar-refractivity contribution in [1.82, 2.24) is 10.2 Å². The van der Waals surface area contributed by atoms with Gasteiger partial charge in [-0.25, -0.2) is 4.39 Å². The van der Waals surface area contributed by atoms with Gasteiger partial charge in [0.15, 0.2) is 15.8 Å². The summed E-state index contributed by atoms with van der Waals surface area (Å²) in [4.78, 5) is 28.4. The summed E-state index contributed by atoms with van der Waals surface area (Å²) in [5.74, 6) is -0.740. The van der Waals surface area contributed by atoms with E-state index >= 15 is 0 Å². The number of hydrogen-bond donors (Lipinski definition) is 1. The number of Topliss-reactive ketones (excluding diaryl/α,β-unsaturated/α-hetero) is 1. The number of aromatic nitrogens is 2. The van der Waals surface area contributed by atoms with E-state index in [-0.39, 0.29) is 34.5 Å². The average molecular weight is 618 g/mol. The first-order chi connectivity index (χ1) is 20.9. The molecule has 0 saturated carbocycles. The van der Waals surface area contributed by atoms with Crippen LogP contribution in [0.4, 0.5) is 9.52 Å². The summed E-state index contributed by atoms with van der Waals surface area (Å²) >= 11 is 2.35. The third-order valence-corrected chi connectivity index (χ3v) is 8.82. The monoisotopic (exact) mass is 617 g/mol. The first-order valence-electron chi connectivity index (χ1n) is 13.2. The van der Waals surface area contributed by atoms with Gasteiger partial charge in [-0.1, -0.05) is 66.1 Å². The van der Waals surface area contributed by atoms with E-state index in [1.54, 1.807) is 66.7 Å². The zero-order chi connectivity index (χ0) is 29.9. The molecule has 2 aliphatic rings. The number of aliphatic hydroxyl groups is 1. The maximum absolute atomic E-state index is 14.1. The van der Waals surface area contributed by atoms with Crippen LogP contribution in [0.1, 0.15) is 22.7 Å². The highest BCUT2D eigenvalue weighted by atomic mass is 32.2. The molecule has 1 N–H and O–H groups in total. The molecule has 1 saturated heterocycles. The van der Waals surface area contributed by atoms with Gasteiger partial charge in [0.05, 0.1) is 11.6 Å². The summed E-state index contributed by atoms with van der Waals surface area (Å²) < 4.78 is 31.6. The Morgan fingerprint density at radius 1 is 1.09 bits per heavy atom. The lowest BCUT2D eigenvalue weighted by atomic mass is 9.95. The van der Waals surface area contributed by atoms with E-state index in [9.17, 15) is 19.1 Å². The first-order valence-corrected chi connectivity index (χ1v) is 15.0. The predicted molar refractivity (Wildman–Crippen MR) is 160 cm³/mol. The quantitative estimate of drug-likeness (QED) is 0.0610. The fraction of sp³-hybridized carbons (Fsp3) is 0.161. The Morgan fingerprint density at radius 3 is 2.72 bits per heavy atom. The molecule has 218 valence electrons. The molecule has 9 nitrogen and oxygen atoms in total. The number of carbonyl (C=O) groups is 2. The first kappa shape index (κ1) is 28.4. The summed E-state index contributed by atoms with van der Waals surface area (Å²) in [6.07, 6.45) is 1.60. The zero-order valence-corrected chi connectivity index (χ0v) is 24.2. The van der Waals surface area contributed by atoms with Crippen LogP contribution in [-0.2, 0) is 15.3 Å². The van der Waals surface area contributed by atoms with Crippen LogP contribution in [0.2, 0.25) is 0 Å². The third-order valence-electron chi connectivity index (χ3n) is 6.71. The summed E-state index contributed by atoms with van der Waals surface area (Å²) in [6.45, 7) is 4.66. The molecule has 3 heterocycles. The molecular formula is C31H24FN3O6S2. The number of halogens is 1. The number of aliphatic hydroxyl groups excluding tert-OH is 1. The second-order valence-electron chi connectivity index (χ2n) is 9.43. The Balaban J connectivity index is 1.40. The number of carbonyl (C=O) groups excluding carboxylic acids is 2. The van der Waals surface area contributed by atoms with Gasteiger partial charge in [0.2, 0.25) is 5.13 Å². The van der Waals surface area contributed by atoms with E-state index in [4.69, 9.17) is 14.2 Å². The van der Waals surface area contributed by atoms with Gasteiger partial charge in [0, 0.05) is 11.3 Å². The van der Waals surface area contributed by atoms with Crippen LogP contribution in [0.25, 0.3) is 5.76 Å². The molecule has 3 aromatic carbocycles. The molecule has 43 heavy (non-hydrogen) atoms. The Bertz CT molecular complexity index is 1760. The smallest absolute Gasteiger partial charge is 0.301 e. The van der Waals surface area contributed by atoms with Crippen molar-refractivity contribution in [2.24, 2.45) is 0 Å². The second-order valence-corrected chi connectivity index (χ2v) is 11.6. The maximum atomic E-state index is 14.1. The lowest BCUT2D eigenvalue weighted by Crippen LogP contribution is -2.29. The van der Waals surface area contributed by atoms with Gasteiger partial charge in [0.25, 0.3) is 5.78 Å². The van der Waals surface area contributed by atoms with Gasteiger partial charge in [-0.05, 0) is 47.5 Å². The van der Waals surface area contributed by atoms with E-state index in [2.05, 4.69) is 16.8 Å². The standard InChI is InChI=1S/C31H24FN3O6S2/c1-2-12-39-21-8-5-7-18(15-21)26-25(27(36)19-10-11-23-24(16-19)41-14-13-40-23)28(37)29(38)35(26)30-33-34-31(43-30)42-17-20-6-3-4-9-22(20)32/h2-11,15-16,26,36H,1,12-14,17H2/b27-25+/t26-/m1/s1. The van der Waals surface area contributed by atoms with Crippen LogP contribution in [0.15, 0.2) is 89.3 Å². The van der Waals surface area contributed by atoms with Crippen LogP contribution in [0.3, 0.4) is 0 Å². The van der Waals surface area contributed by atoms with Crippen LogP contribution in [0, 0.1) is 5.82 Å². The number of hydrogen-bond acceptors (Lipinski definition) is 10. The van der Waals surface area contributed by atoms with E-state index in [1.165, 1.54) is 22.7 Å². The van der Waals surface area contributed by atoms with Crippen LogP contribution in [0.5, 0.6) is 17.2 Å². The highest BCUT2D eigenvalue weighted by Crippen LogP contribution is 2.45. The molecule has 0 bridgehead atoms. The van der Waals surface area contributed by atoms with Crippen LogP contribution < -0.4 is 19.1 Å². The lowest BCUT2D eigenvalue weighted by Gasteiger charge is -2.23. The minimum absolute atomic E-state index is 0.127. The van der Waals surface area contributed by atoms with Crippen molar-refractivity contribution >= 4 is 45.7 Å². The van der Waals surface area contributed by atoms with Gasteiger partial charge in [0.1, 0.15) is 37.1 Å². The number of benzene rings is 3. The highest BCUT2D eigenvalue weighted by Gasteiger charge is 2.48. The highest BCUT2D eigenvalue weighted by molar-refractivity contribution is 8.00. The van der Waals surface area contributed by atoms with E-state index in [1.807, 2.05) is 0 Å². The molecule has 1 amide bonds. The van der Waals surface area contributed by atoms with Crippen LogP contribution in [-0.4, -0.2) is 46.8 Å². The summed E-state index contributed by atoms with van der Waals surface area (Å²) in [6, 6.07) is 17.1. The van der Waals surface area contributed by atoms with Gasteiger partial charge >= 0.3 is 5.91 Å². The SMILES string of the molecule is C=CCOc1cccc([C@@H]2/C(=C(\O)c3ccc4c(c3)OCCO4)C(=O)C(=O)N2c2nnc(SCc3ccccc3F)s2)c1. The summed E-state index contributed by atoms with van der Waals surface area (Å²) in [5.41, 5.74) is 1.17. The van der Waals surface area contributed by atoms with Crippen molar-refractivity contribution in [2.45, 2.75) is 16.1 Å². The molecular weight excluding hydrogens is 593 g/mol. The van der Waals surface area contributed by atoms with Gasteiger partial charge in [-0.3, -0.25) is 14.5 Å². The topological polar surface area (TPSA) is 111 Å². The molecule has 2 aliphatic heterocycles. The number of fused-ring (bicyclic) bond motifs is 1. The number of thioether (sulfide) groups is 1. The molecule has 0 radical (unpaired) electrons. The molecule has 0 aliphatic carbocycles. The number of rotatable bonds is 9. The van der Waals surface area contributed by atoms with Crippen molar-refractivity contribution in [3.8, 4) is 17.2 Å². The summed E-state index contributed by atoms with van der Waals surface area (Å²) in [5, 5.41) is 20.1. The second kappa shape index (κ2) is 12.3. The molecule has 0 unspecified atom stereocenters. The van der Waals surface area contributed by atoms with Gasteiger partial charge < -0.3 is 19.3 Å². The van der Waals surface area contributed by atoms with Crippen molar-refractivity contribution in [2.75, 3.05) is 24.7 Å². The zero-order valence-electron chi connectivity index (χ0n) is 22.6. The minimum atomic E-state index is -1.04. The van der Waals surface area contributed by atoms with Crippen LogP contribution >= 0.6 is 23.1 Å². The molecule has 6 rings (SSSR count). The van der Waals surface area contributed by atoms with E-state index < -0.39 is 17.7 Å². The number of ether oxygens (including phenoxy) is 3. The van der Waals surface area contributed by atoms with E-state index in [0.29, 0.717) is 51.7 Å². The van der Waals surface area contributed by atoms with Crippen molar-refractivity contribution in [3.63, 3.8) is 0 Å². The number of anilines is 1. The van der Waals surface area contributed by atoms with Crippen molar-refractivity contribution < 1.29 is 33.3 Å². The van der Waals surface area contributed by atoms with Gasteiger partial charge in [-0.2, -0.15) is 0 Å². The summed E-state index contributed by atoms with van der Waals surface area (Å²) in [7, 11) is 0. The Hall–Kier alpha value is -4.68. The third kappa shape index (κ3) is 5.71. The van der Waals surface area contributed by atoms with Crippen molar-refractivity contribution in [1.29, 1.82) is 0 Å². The molecule has 1 atom stereocenters. The average Bonchev–Trinajstić information content (AvgIpc) is 3.60. The number of nitrogens with zero attached hydrogens (tertiary/aromatic N) is 3. The molecule has 12 heteroatoms. The van der Waals surface area contributed by atoms with Gasteiger partial charge in [-0.15, -0.1) is 10.2 Å². The number of amides is 1. The lowest BCUT2D eigenvalue weighted by molar-refractivity contribution is -0.132. The minimum Gasteiger partial charge on any atom is -0.507 e. The normalized spacial score (nSPS) is 17.2. The van der Waals surface area contributed by atoms with Crippen molar-refractivity contribution in [3.05, 3.63) is 107 Å². The fourth-order valence-electron chi connectivity index (χ4n) is 4.73. The maximum Gasteiger partial charge on any atom is 0.301 e. The molecule has 0 spiro atoms.